The van der Waals surface area contributed by atoms with E-state index in [1.54, 1.807) is 12.4 Å². The Balaban J connectivity index is 2.04. The Bertz CT molecular complexity index is 554. The topological polar surface area (TPSA) is 42.4 Å². The van der Waals surface area contributed by atoms with E-state index >= 15 is 0 Å². The Hall–Kier alpha value is -1.87. The van der Waals surface area contributed by atoms with E-state index in [1.807, 2.05) is 38.1 Å². The summed E-state index contributed by atoms with van der Waals surface area (Å²) in [7, 11) is 0. The van der Waals surface area contributed by atoms with E-state index < -0.39 is 6.10 Å². The second-order valence-electron chi connectivity index (χ2n) is 5.68. The van der Waals surface area contributed by atoms with E-state index in [0.717, 1.165) is 5.56 Å². The molecule has 2 aromatic rings. The maximum absolute atomic E-state index is 10.4. The van der Waals surface area contributed by atoms with E-state index in [9.17, 15) is 5.11 Å². The first kappa shape index (κ1) is 15.5. The molecule has 0 saturated carbocycles. The molecule has 2 rings (SSSR count). The van der Waals surface area contributed by atoms with Gasteiger partial charge in [-0.25, -0.2) is 0 Å². The molecule has 0 amide bonds. The third-order valence-corrected chi connectivity index (χ3v) is 3.44. The minimum atomic E-state index is -0.539. The summed E-state index contributed by atoms with van der Waals surface area (Å²) < 4.78 is 5.62. The molecule has 0 aliphatic carbocycles. The van der Waals surface area contributed by atoms with Crippen LogP contribution in [0.5, 0.6) is 5.75 Å². The van der Waals surface area contributed by atoms with Crippen molar-refractivity contribution in [3.8, 4) is 5.75 Å². The van der Waals surface area contributed by atoms with Gasteiger partial charge in [0.15, 0.2) is 0 Å². The highest BCUT2D eigenvalue weighted by molar-refractivity contribution is 5.26. The molecular weight excluding hydrogens is 262 g/mol. The highest BCUT2D eigenvalue weighted by atomic mass is 16.5. The fourth-order valence-electron chi connectivity index (χ4n) is 2.34. The first-order valence-electron chi connectivity index (χ1n) is 7.41. The Morgan fingerprint density at radius 1 is 1.05 bits per heavy atom. The molecule has 1 N–H and O–H groups in total. The van der Waals surface area contributed by atoms with Crippen molar-refractivity contribution in [2.45, 2.75) is 45.3 Å². The van der Waals surface area contributed by atoms with Crippen LogP contribution in [0.4, 0.5) is 0 Å². The van der Waals surface area contributed by atoms with Gasteiger partial charge in [-0.2, -0.15) is 0 Å². The van der Waals surface area contributed by atoms with Crippen molar-refractivity contribution in [3.05, 3.63) is 59.9 Å². The van der Waals surface area contributed by atoms with E-state index in [2.05, 4.69) is 24.0 Å². The van der Waals surface area contributed by atoms with Crippen LogP contribution < -0.4 is 4.74 Å². The van der Waals surface area contributed by atoms with Crippen molar-refractivity contribution < 1.29 is 9.84 Å². The van der Waals surface area contributed by atoms with Crippen molar-refractivity contribution in [2.75, 3.05) is 0 Å². The third-order valence-electron chi connectivity index (χ3n) is 3.44. The number of hydrogen-bond donors (Lipinski definition) is 1. The molecule has 0 spiro atoms. The highest BCUT2D eigenvalue weighted by Gasteiger charge is 2.15. The van der Waals surface area contributed by atoms with E-state index in [1.165, 1.54) is 5.56 Å². The summed E-state index contributed by atoms with van der Waals surface area (Å²) in [5.41, 5.74) is 2.04. The molecule has 0 aliphatic heterocycles. The number of aliphatic hydroxyl groups is 1. The Kier molecular flexibility index (Phi) is 5.34. The van der Waals surface area contributed by atoms with Crippen molar-refractivity contribution >= 4 is 0 Å². The molecule has 1 aromatic carbocycles. The predicted octanol–water partition coefficient (Wildman–Crippen LogP) is 4.10. The van der Waals surface area contributed by atoms with Gasteiger partial charge in [-0.1, -0.05) is 37.3 Å². The lowest BCUT2D eigenvalue weighted by Crippen LogP contribution is -2.08. The van der Waals surface area contributed by atoms with Crippen LogP contribution in [0.1, 0.15) is 50.3 Å². The van der Waals surface area contributed by atoms with Gasteiger partial charge < -0.3 is 9.84 Å². The molecule has 2 atom stereocenters. The van der Waals surface area contributed by atoms with Gasteiger partial charge in [-0.3, -0.25) is 4.98 Å². The quantitative estimate of drug-likeness (QED) is 0.869. The molecule has 2 unspecified atom stereocenters. The van der Waals surface area contributed by atoms with E-state index in [4.69, 9.17) is 4.74 Å². The number of pyridine rings is 1. The lowest BCUT2D eigenvalue weighted by molar-refractivity contribution is 0.158. The number of aromatic nitrogens is 1. The Labute approximate surface area is 126 Å². The van der Waals surface area contributed by atoms with Crippen molar-refractivity contribution in [1.82, 2.24) is 4.98 Å². The van der Waals surface area contributed by atoms with Crippen molar-refractivity contribution in [3.63, 3.8) is 0 Å². The van der Waals surface area contributed by atoms with Crippen LogP contribution >= 0.6 is 0 Å². The lowest BCUT2D eigenvalue weighted by Gasteiger charge is -2.18. The van der Waals surface area contributed by atoms with Gasteiger partial charge >= 0.3 is 0 Å². The summed E-state index contributed by atoms with van der Waals surface area (Å²) in [4.78, 5) is 4.15. The zero-order chi connectivity index (χ0) is 15.2. The molecule has 0 bridgehead atoms. The SMILES string of the molecule is CC(C)Oc1cncc(C(O)CC(C)c2ccccc2)c1. The maximum Gasteiger partial charge on any atom is 0.138 e. The van der Waals surface area contributed by atoms with Crippen LogP contribution in [0.15, 0.2) is 48.8 Å². The van der Waals surface area contributed by atoms with Crippen molar-refractivity contribution in [1.29, 1.82) is 0 Å². The average Bonchev–Trinajstić information content (AvgIpc) is 2.47. The molecule has 0 fully saturated rings. The summed E-state index contributed by atoms with van der Waals surface area (Å²) in [5, 5.41) is 10.4. The number of rotatable bonds is 6. The molecule has 0 radical (unpaired) electrons. The smallest absolute Gasteiger partial charge is 0.138 e. The second-order valence-corrected chi connectivity index (χ2v) is 5.68. The number of aliphatic hydroxyl groups excluding tert-OH is 1. The Morgan fingerprint density at radius 3 is 2.43 bits per heavy atom. The predicted molar refractivity (Wildman–Crippen MR) is 84.4 cm³/mol. The van der Waals surface area contributed by atoms with Crippen LogP contribution in [0.25, 0.3) is 0 Å². The molecule has 1 aromatic heterocycles. The lowest BCUT2D eigenvalue weighted by atomic mass is 9.93. The highest BCUT2D eigenvalue weighted by Crippen LogP contribution is 2.28. The van der Waals surface area contributed by atoms with Crippen LogP contribution in [-0.4, -0.2) is 16.2 Å². The third kappa shape index (κ3) is 4.57. The normalized spacial score (nSPS) is 14.0. The minimum absolute atomic E-state index is 0.0995. The number of ether oxygens (including phenoxy) is 1. The minimum Gasteiger partial charge on any atom is -0.489 e. The second kappa shape index (κ2) is 7.23. The van der Waals surface area contributed by atoms with Crippen LogP contribution in [-0.2, 0) is 0 Å². The fraction of sp³-hybridized carbons (Fsp3) is 0.389. The molecule has 112 valence electrons. The van der Waals surface area contributed by atoms with Gasteiger partial charge in [-0.05, 0) is 37.8 Å². The van der Waals surface area contributed by atoms with E-state index in [-0.39, 0.29) is 12.0 Å². The van der Waals surface area contributed by atoms with Gasteiger partial charge in [0, 0.05) is 11.8 Å². The summed E-state index contributed by atoms with van der Waals surface area (Å²) in [6, 6.07) is 12.1. The average molecular weight is 285 g/mol. The molecule has 0 aliphatic rings. The van der Waals surface area contributed by atoms with Crippen LogP contribution in [0.2, 0.25) is 0 Å². The van der Waals surface area contributed by atoms with Gasteiger partial charge in [-0.15, -0.1) is 0 Å². The monoisotopic (exact) mass is 285 g/mol. The first-order valence-corrected chi connectivity index (χ1v) is 7.41. The largest absolute Gasteiger partial charge is 0.489 e. The zero-order valence-corrected chi connectivity index (χ0v) is 12.9. The maximum atomic E-state index is 10.4. The summed E-state index contributed by atoms with van der Waals surface area (Å²) in [6.07, 6.45) is 3.61. The number of nitrogens with zero attached hydrogens (tertiary/aromatic N) is 1. The van der Waals surface area contributed by atoms with Crippen LogP contribution in [0, 0.1) is 0 Å². The molecule has 21 heavy (non-hydrogen) atoms. The molecule has 3 heteroatoms. The van der Waals surface area contributed by atoms with E-state index in [0.29, 0.717) is 12.2 Å². The number of hydrogen-bond acceptors (Lipinski definition) is 3. The zero-order valence-electron chi connectivity index (χ0n) is 12.9. The van der Waals surface area contributed by atoms with Crippen molar-refractivity contribution in [2.24, 2.45) is 0 Å². The number of benzene rings is 1. The summed E-state index contributed by atoms with van der Waals surface area (Å²) in [5.74, 6) is 0.991. The van der Waals surface area contributed by atoms with Gasteiger partial charge in [0.2, 0.25) is 0 Å². The fourth-order valence-corrected chi connectivity index (χ4v) is 2.34. The summed E-state index contributed by atoms with van der Waals surface area (Å²) in [6.45, 7) is 6.07. The summed E-state index contributed by atoms with van der Waals surface area (Å²) >= 11 is 0. The molecular formula is C18H23NO2. The van der Waals surface area contributed by atoms with Crippen LogP contribution in [0.3, 0.4) is 0 Å². The standard InChI is InChI=1S/C18H23NO2/c1-13(2)21-17-10-16(11-19-12-17)18(20)9-14(3)15-7-5-4-6-8-15/h4-8,10-14,18,20H,9H2,1-3H3. The van der Waals surface area contributed by atoms with Gasteiger partial charge in [0.25, 0.3) is 0 Å². The molecule has 1 heterocycles. The van der Waals surface area contributed by atoms with Gasteiger partial charge in [0.05, 0.1) is 18.4 Å². The Morgan fingerprint density at radius 2 is 1.76 bits per heavy atom. The first-order chi connectivity index (χ1) is 10.1. The molecule has 3 nitrogen and oxygen atoms in total. The van der Waals surface area contributed by atoms with Gasteiger partial charge in [0.1, 0.15) is 5.75 Å². The molecule has 0 saturated heterocycles.